The lowest BCUT2D eigenvalue weighted by Gasteiger charge is -2.37. The van der Waals surface area contributed by atoms with Gasteiger partial charge in [-0.25, -0.2) is 0 Å². The zero-order valence-electron chi connectivity index (χ0n) is 12.5. The van der Waals surface area contributed by atoms with Crippen molar-refractivity contribution in [3.8, 4) is 11.5 Å². The molecule has 0 unspecified atom stereocenters. The van der Waals surface area contributed by atoms with E-state index in [-0.39, 0.29) is 5.78 Å². The monoisotopic (exact) mass is 265 g/mol. The van der Waals surface area contributed by atoms with Crippen LogP contribution in [0.4, 0.5) is 0 Å². The number of benzene rings is 1. The highest BCUT2D eigenvalue weighted by Gasteiger charge is 2.40. The van der Waals surface area contributed by atoms with E-state index in [1.54, 1.807) is 32.4 Å². The van der Waals surface area contributed by atoms with Crippen molar-refractivity contribution in [2.24, 2.45) is 11.1 Å². The summed E-state index contributed by atoms with van der Waals surface area (Å²) in [6.45, 7) is 7.40. The molecule has 2 N–H and O–H groups in total. The third-order valence-electron chi connectivity index (χ3n) is 3.79. The number of hydrogen-bond acceptors (Lipinski definition) is 4. The SMILES string of the molecule is COc1cc(OC)cc(C(=O)C(C)(C)C(C)(C)N)c1. The Morgan fingerprint density at radius 2 is 1.42 bits per heavy atom. The molecule has 0 amide bonds. The number of Topliss-reactive ketones (excluding diaryl/α,β-unsaturated/α-hetero) is 1. The standard InChI is InChI=1S/C15H23NO3/c1-14(2,15(3,4)16)13(17)10-7-11(18-5)9-12(8-10)19-6/h7-9H,16H2,1-6H3. The van der Waals surface area contributed by atoms with Crippen LogP contribution in [0.2, 0.25) is 0 Å². The molecule has 106 valence electrons. The first-order valence-corrected chi connectivity index (χ1v) is 6.20. The van der Waals surface area contributed by atoms with Crippen LogP contribution >= 0.6 is 0 Å². The molecular weight excluding hydrogens is 242 g/mol. The zero-order valence-corrected chi connectivity index (χ0v) is 12.5. The minimum Gasteiger partial charge on any atom is -0.497 e. The van der Waals surface area contributed by atoms with E-state index >= 15 is 0 Å². The first-order chi connectivity index (χ1) is 8.63. The predicted octanol–water partition coefficient (Wildman–Crippen LogP) is 2.65. The lowest BCUT2D eigenvalue weighted by molar-refractivity contribution is 0.0734. The van der Waals surface area contributed by atoms with Gasteiger partial charge in [-0.3, -0.25) is 4.79 Å². The molecule has 0 heterocycles. The number of ketones is 1. The second kappa shape index (κ2) is 5.21. The minimum absolute atomic E-state index is 0.0304. The van der Waals surface area contributed by atoms with E-state index in [1.165, 1.54) is 0 Å². The number of nitrogens with two attached hydrogens (primary N) is 1. The fourth-order valence-corrected chi connectivity index (χ4v) is 1.59. The highest BCUT2D eigenvalue weighted by atomic mass is 16.5. The van der Waals surface area contributed by atoms with Gasteiger partial charge < -0.3 is 15.2 Å². The van der Waals surface area contributed by atoms with E-state index in [0.29, 0.717) is 17.1 Å². The van der Waals surface area contributed by atoms with Gasteiger partial charge in [-0.15, -0.1) is 0 Å². The van der Waals surface area contributed by atoms with Crippen LogP contribution in [0.3, 0.4) is 0 Å². The summed E-state index contributed by atoms with van der Waals surface area (Å²) in [5, 5.41) is 0. The molecular formula is C15H23NO3. The van der Waals surface area contributed by atoms with E-state index in [1.807, 2.05) is 27.7 Å². The molecule has 0 saturated carbocycles. The maximum atomic E-state index is 12.7. The third-order valence-corrected chi connectivity index (χ3v) is 3.79. The van der Waals surface area contributed by atoms with Crippen molar-refractivity contribution in [3.63, 3.8) is 0 Å². The highest BCUT2D eigenvalue weighted by Crippen LogP contribution is 2.34. The largest absolute Gasteiger partial charge is 0.497 e. The Hall–Kier alpha value is -1.55. The van der Waals surface area contributed by atoms with Gasteiger partial charge in [-0.2, -0.15) is 0 Å². The molecule has 0 atom stereocenters. The van der Waals surface area contributed by atoms with Crippen LogP contribution in [-0.2, 0) is 0 Å². The molecule has 4 nitrogen and oxygen atoms in total. The molecule has 0 aromatic heterocycles. The van der Waals surface area contributed by atoms with Gasteiger partial charge in [0.05, 0.1) is 14.2 Å². The Labute approximate surface area is 114 Å². The number of carbonyl (C=O) groups is 1. The fourth-order valence-electron chi connectivity index (χ4n) is 1.59. The van der Waals surface area contributed by atoms with E-state index in [9.17, 15) is 4.79 Å². The van der Waals surface area contributed by atoms with Crippen LogP contribution in [0, 0.1) is 5.41 Å². The lowest BCUT2D eigenvalue weighted by atomic mass is 9.70. The maximum absolute atomic E-state index is 12.7. The smallest absolute Gasteiger partial charge is 0.170 e. The number of hydrogen-bond donors (Lipinski definition) is 1. The summed E-state index contributed by atoms with van der Waals surface area (Å²) < 4.78 is 10.4. The Balaban J connectivity index is 3.26. The lowest BCUT2D eigenvalue weighted by Crippen LogP contribution is -2.51. The molecule has 0 aliphatic rings. The van der Waals surface area contributed by atoms with Gasteiger partial charge in [-0.1, -0.05) is 13.8 Å². The van der Waals surface area contributed by atoms with E-state index in [2.05, 4.69) is 0 Å². The number of methoxy groups -OCH3 is 2. The normalized spacial score (nSPS) is 12.2. The molecule has 0 spiro atoms. The van der Waals surface area contributed by atoms with Crippen molar-refractivity contribution in [3.05, 3.63) is 23.8 Å². The number of carbonyl (C=O) groups excluding carboxylic acids is 1. The van der Waals surface area contributed by atoms with Gasteiger partial charge in [0.1, 0.15) is 11.5 Å². The average molecular weight is 265 g/mol. The molecule has 1 rings (SSSR count). The van der Waals surface area contributed by atoms with Gasteiger partial charge in [0.25, 0.3) is 0 Å². The second-order valence-electron chi connectivity index (χ2n) is 5.78. The molecule has 0 saturated heterocycles. The zero-order chi connectivity index (χ0) is 14.8. The van der Waals surface area contributed by atoms with Crippen LogP contribution in [0.25, 0.3) is 0 Å². The molecule has 0 fully saturated rings. The van der Waals surface area contributed by atoms with Crippen LogP contribution in [-0.4, -0.2) is 25.5 Å². The van der Waals surface area contributed by atoms with Gasteiger partial charge in [0.2, 0.25) is 0 Å². The molecule has 1 aromatic rings. The van der Waals surface area contributed by atoms with Crippen molar-refractivity contribution < 1.29 is 14.3 Å². The van der Waals surface area contributed by atoms with Crippen LogP contribution in [0.1, 0.15) is 38.1 Å². The topological polar surface area (TPSA) is 61.5 Å². The van der Waals surface area contributed by atoms with Gasteiger partial charge in [0.15, 0.2) is 5.78 Å². The molecule has 0 aliphatic heterocycles. The van der Waals surface area contributed by atoms with E-state index in [0.717, 1.165) is 0 Å². The number of rotatable bonds is 5. The Morgan fingerprint density at radius 3 is 1.74 bits per heavy atom. The van der Waals surface area contributed by atoms with Gasteiger partial charge in [-0.05, 0) is 26.0 Å². The number of ether oxygens (including phenoxy) is 2. The molecule has 4 heteroatoms. The van der Waals surface area contributed by atoms with Crippen molar-refractivity contribution in [2.45, 2.75) is 33.2 Å². The summed E-state index contributed by atoms with van der Waals surface area (Å²) in [5.41, 5.74) is 5.34. The van der Waals surface area contributed by atoms with E-state index < -0.39 is 11.0 Å². The van der Waals surface area contributed by atoms with Crippen molar-refractivity contribution in [1.82, 2.24) is 0 Å². The van der Waals surface area contributed by atoms with Crippen LogP contribution in [0.5, 0.6) is 11.5 Å². The second-order valence-corrected chi connectivity index (χ2v) is 5.78. The molecule has 1 aromatic carbocycles. The Bertz CT molecular complexity index is 451. The van der Waals surface area contributed by atoms with Gasteiger partial charge in [0, 0.05) is 22.6 Å². The van der Waals surface area contributed by atoms with Crippen LogP contribution < -0.4 is 15.2 Å². The Kier molecular flexibility index (Phi) is 4.25. The van der Waals surface area contributed by atoms with Crippen molar-refractivity contribution in [2.75, 3.05) is 14.2 Å². The average Bonchev–Trinajstić information content (AvgIpc) is 2.35. The summed E-state index contributed by atoms with van der Waals surface area (Å²) >= 11 is 0. The summed E-state index contributed by atoms with van der Waals surface area (Å²) in [7, 11) is 3.11. The molecule has 0 bridgehead atoms. The summed E-state index contributed by atoms with van der Waals surface area (Å²) in [6.07, 6.45) is 0. The molecule has 0 radical (unpaired) electrons. The minimum atomic E-state index is -0.690. The molecule has 0 aliphatic carbocycles. The van der Waals surface area contributed by atoms with E-state index in [4.69, 9.17) is 15.2 Å². The Morgan fingerprint density at radius 1 is 1.00 bits per heavy atom. The highest BCUT2D eigenvalue weighted by molar-refractivity contribution is 6.01. The summed E-state index contributed by atoms with van der Waals surface area (Å²) in [4.78, 5) is 12.7. The quantitative estimate of drug-likeness (QED) is 0.831. The van der Waals surface area contributed by atoms with Crippen molar-refractivity contribution >= 4 is 5.78 Å². The first-order valence-electron chi connectivity index (χ1n) is 6.20. The summed E-state index contributed by atoms with van der Waals surface area (Å²) in [6, 6.07) is 5.15. The first kappa shape index (κ1) is 15.5. The fraction of sp³-hybridized carbons (Fsp3) is 0.533. The summed E-state index contributed by atoms with van der Waals surface area (Å²) in [5.74, 6) is 1.15. The predicted molar refractivity (Wildman–Crippen MR) is 75.9 cm³/mol. The molecule has 19 heavy (non-hydrogen) atoms. The third kappa shape index (κ3) is 3.07. The van der Waals surface area contributed by atoms with Crippen molar-refractivity contribution in [1.29, 1.82) is 0 Å². The maximum Gasteiger partial charge on any atom is 0.170 e. The van der Waals surface area contributed by atoms with Gasteiger partial charge >= 0.3 is 0 Å². The van der Waals surface area contributed by atoms with Crippen LogP contribution in [0.15, 0.2) is 18.2 Å².